The van der Waals surface area contributed by atoms with Gasteiger partial charge in [-0.05, 0) is 30.7 Å². The molecule has 4 nitrogen and oxygen atoms in total. The van der Waals surface area contributed by atoms with Crippen molar-refractivity contribution in [1.29, 1.82) is 0 Å². The standard InChI is InChI=1S/C11H11NO.C11H9NO.Be/c2*13-11-7-2-1-5-9(11)10-6-3-4-8-12-10;/h1-2,5-8,13H,3-4H2;1-8,13H;/q;;+2. The normalized spacial score (nSPS) is 12.2. The molecule has 0 spiro atoms. The van der Waals surface area contributed by atoms with Gasteiger partial charge in [-0.15, -0.1) is 0 Å². The first kappa shape index (κ1) is 20.1. The number of aromatic amines is 1. The molecule has 2 N–H and O–H groups in total. The molecule has 0 saturated carbocycles. The molecule has 1 aliphatic heterocycles. The number of hydrogen-bond acceptors (Lipinski definition) is 2. The Kier molecular flexibility index (Phi) is 7.47. The van der Waals surface area contributed by atoms with Crippen molar-refractivity contribution in [2.24, 2.45) is 0 Å². The van der Waals surface area contributed by atoms with Gasteiger partial charge in [0.25, 0.3) is 0 Å². The van der Waals surface area contributed by atoms with Crippen LogP contribution in [0.5, 0.6) is 11.5 Å². The number of aromatic nitrogens is 1. The summed E-state index contributed by atoms with van der Waals surface area (Å²) >= 11 is 0. The summed E-state index contributed by atoms with van der Waals surface area (Å²) in [5.74, 6) is 0.126. The minimum absolute atomic E-state index is 0. The number of hydrogen-bond donors (Lipinski definition) is 1. The Labute approximate surface area is 162 Å². The van der Waals surface area contributed by atoms with Crippen LogP contribution in [-0.4, -0.2) is 16.3 Å². The van der Waals surface area contributed by atoms with Crippen LogP contribution in [0.4, 0.5) is 0 Å². The number of benzene rings is 2. The largest absolute Gasteiger partial charge is 2.00 e. The predicted octanol–water partition coefficient (Wildman–Crippen LogP) is 0.907. The molecule has 0 aliphatic carbocycles. The molecule has 0 radical (unpaired) electrons. The summed E-state index contributed by atoms with van der Waals surface area (Å²) < 4.78 is 0. The Bertz CT molecular complexity index is 924. The van der Waals surface area contributed by atoms with Gasteiger partial charge in [-0.25, -0.2) is 9.98 Å². The Hall–Kier alpha value is -3.23. The first-order valence-corrected chi connectivity index (χ1v) is 8.53. The Balaban J connectivity index is 0.000000187. The third kappa shape index (κ3) is 5.37. The van der Waals surface area contributed by atoms with E-state index < -0.39 is 0 Å². The first-order chi connectivity index (χ1) is 12.8. The van der Waals surface area contributed by atoms with E-state index >= 15 is 0 Å². The molecule has 0 bridgehead atoms. The summed E-state index contributed by atoms with van der Waals surface area (Å²) in [5, 5.41) is 22.8. The number of allylic oxidation sites excluding steroid dienone is 1. The smallest absolute Gasteiger partial charge is 0.872 e. The van der Waals surface area contributed by atoms with Gasteiger partial charge in [0.2, 0.25) is 11.4 Å². The van der Waals surface area contributed by atoms with Crippen LogP contribution in [0, 0.1) is 0 Å². The second kappa shape index (κ2) is 10.0. The molecule has 4 rings (SSSR count). The molecule has 0 fully saturated rings. The maximum absolute atomic E-state index is 11.4. The number of para-hydroxylation sites is 2. The maximum Gasteiger partial charge on any atom is 2.00 e. The average molecular weight is 353 g/mol. The SMILES string of the molecule is [Be+2].[O-]c1ccccc1-c1cccc[nH+]1.[O-]c1ccccc1C1=CCCC=[NH+]1. The van der Waals surface area contributed by atoms with Gasteiger partial charge in [0.15, 0.2) is 6.20 Å². The number of nitrogens with one attached hydrogen (secondary N) is 2. The molecule has 0 unspecified atom stereocenters. The molecule has 0 atom stereocenters. The van der Waals surface area contributed by atoms with Gasteiger partial charge in [0.05, 0.1) is 0 Å². The van der Waals surface area contributed by atoms with Crippen molar-refractivity contribution >= 4 is 22.0 Å². The second-order valence-corrected chi connectivity index (χ2v) is 5.81. The van der Waals surface area contributed by atoms with Crippen molar-refractivity contribution in [1.82, 2.24) is 0 Å². The van der Waals surface area contributed by atoms with Crippen LogP contribution in [0.25, 0.3) is 17.0 Å². The third-order valence-corrected chi connectivity index (χ3v) is 3.98. The quantitative estimate of drug-likeness (QED) is 0.696. The van der Waals surface area contributed by atoms with Crippen LogP contribution in [0.15, 0.2) is 79.0 Å². The number of pyridine rings is 1. The van der Waals surface area contributed by atoms with Crippen molar-refractivity contribution in [3.8, 4) is 22.8 Å². The van der Waals surface area contributed by atoms with E-state index in [-0.39, 0.29) is 21.6 Å². The summed E-state index contributed by atoms with van der Waals surface area (Å²) in [4.78, 5) is 6.14. The van der Waals surface area contributed by atoms with Crippen LogP contribution >= 0.6 is 0 Å². The fourth-order valence-electron chi connectivity index (χ4n) is 2.68. The topological polar surface area (TPSA) is 74.2 Å². The van der Waals surface area contributed by atoms with Crippen LogP contribution < -0.4 is 20.2 Å². The summed E-state index contributed by atoms with van der Waals surface area (Å²) in [6, 6.07) is 19.7. The van der Waals surface area contributed by atoms with E-state index in [1.54, 1.807) is 24.3 Å². The minimum Gasteiger partial charge on any atom is -0.872 e. The van der Waals surface area contributed by atoms with Crippen molar-refractivity contribution in [2.45, 2.75) is 12.8 Å². The van der Waals surface area contributed by atoms with Gasteiger partial charge < -0.3 is 10.2 Å². The zero-order valence-corrected chi connectivity index (χ0v) is 15.0. The van der Waals surface area contributed by atoms with Crippen LogP contribution in [0.3, 0.4) is 0 Å². The molecule has 130 valence electrons. The molecule has 1 aromatic heterocycles. The minimum atomic E-state index is 0. The molecule has 2 heterocycles. The molecule has 0 amide bonds. The van der Waals surface area contributed by atoms with Crippen molar-refractivity contribution in [3.05, 3.63) is 84.6 Å². The molecule has 2 aromatic carbocycles. The van der Waals surface area contributed by atoms with E-state index in [1.165, 1.54) is 0 Å². The zero-order chi connectivity index (χ0) is 18.2. The molecular weight excluding hydrogens is 333 g/mol. The number of rotatable bonds is 2. The van der Waals surface area contributed by atoms with Gasteiger partial charge in [-0.1, -0.05) is 47.9 Å². The van der Waals surface area contributed by atoms with Gasteiger partial charge in [-0.2, -0.15) is 0 Å². The average Bonchev–Trinajstić information content (AvgIpc) is 2.71. The monoisotopic (exact) mass is 353 g/mol. The predicted molar refractivity (Wildman–Crippen MR) is 104 cm³/mol. The second-order valence-electron chi connectivity index (χ2n) is 5.81. The number of H-pyrrole nitrogens is 1. The van der Waals surface area contributed by atoms with E-state index in [0.29, 0.717) is 5.56 Å². The zero-order valence-electron chi connectivity index (χ0n) is 15.0. The van der Waals surface area contributed by atoms with E-state index in [4.69, 9.17) is 0 Å². The fraction of sp³-hybridized carbons (Fsp3) is 0.0909. The van der Waals surface area contributed by atoms with E-state index in [1.807, 2.05) is 54.9 Å². The Morgan fingerprint density at radius 2 is 1.33 bits per heavy atom. The van der Waals surface area contributed by atoms with Crippen LogP contribution in [-0.2, 0) is 0 Å². The van der Waals surface area contributed by atoms with Gasteiger partial charge in [-0.3, -0.25) is 0 Å². The summed E-state index contributed by atoms with van der Waals surface area (Å²) in [6.07, 6.45) is 7.90. The summed E-state index contributed by atoms with van der Waals surface area (Å²) in [7, 11) is 0. The van der Waals surface area contributed by atoms with Crippen molar-refractivity contribution in [3.63, 3.8) is 0 Å². The molecule has 3 aromatic rings. The molecular formula is C22H20BeN2O2+2. The van der Waals surface area contributed by atoms with E-state index in [9.17, 15) is 10.2 Å². The first-order valence-electron chi connectivity index (χ1n) is 8.53. The van der Waals surface area contributed by atoms with Gasteiger partial charge in [0.1, 0.15) is 6.21 Å². The van der Waals surface area contributed by atoms with E-state index in [0.717, 1.165) is 29.8 Å². The Morgan fingerprint density at radius 3 is 1.89 bits per heavy atom. The maximum atomic E-state index is 11.4. The van der Waals surface area contributed by atoms with Crippen LogP contribution in [0.2, 0.25) is 0 Å². The fourth-order valence-corrected chi connectivity index (χ4v) is 2.68. The van der Waals surface area contributed by atoms with Crippen molar-refractivity contribution in [2.75, 3.05) is 0 Å². The van der Waals surface area contributed by atoms with Crippen molar-refractivity contribution < 1.29 is 20.2 Å². The molecule has 27 heavy (non-hydrogen) atoms. The summed E-state index contributed by atoms with van der Waals surface area (Å²) in [6.45, 7) is 0. The summed E-state index contributed by atoms with van der Waals surface area (Å²) in [5.41, 5.74) is 3.27. The van der Waals surface area contributed by atoms with Crippen LogP contribution in [0.1, 0.15) is 18.4 Å². The van der Waals surface area contributed by atoms with E-state index in [2.05, 4.69) is 16.1 Å². The van der Waals surface area contributed by atoms with Gasteiger partial charge >= 0.3 is 10.1 Å². The molecule has 1 aliphatic rings. The molecule has 5 heteroatoms. The molecule has 0 saturated heterocycles. The van der Waals surface area contributed by atoms with Gasteiger partial charge in [0, 0.05) is 29.7 Å². The third-order valence-electron chi connectivity index (χ3n) is 3.98. The Morgan fingerprint density at radius 1 is 0.704 bits per heavy atom.